The van der Waals surface area contributed by atoms with E-state index in [1.165, 1.54) is 0 Å². The summed E-state index contributed by atoms with van der Waals surface area (Å²) in [5.74, 6) is 5.63. The van der Waals surface area contributed by atoms with E-state index in [0.29, 0.717) is 0 Å². The molecule has 0 aromatic carbocycles. The fourth-order valence-corrected chi connectivity index (χ4v) is 1.68. The van der Waals surface area contributed by atoms with Crippen molar-refractivity contribution in [2.75, 3.05) is 0 Å². The van der Waals surface area contributed by atoms with Gasteiger partial charge in [-0.05, 0) is 18.8 Å². The first kappa shape index (κ1) is 12.2. The van der Waals surface area contributed by atoms with Crippen LogP contribution < -0.4 is 11.3 Å². The first-order chi connectivity index (χ1) is 7.05. The molecule has 4 heteroatoms. The van der Waals surface area contributed by atoms with Crippen LogP contribution in [0.2, 0.25) is 0 Å². The lowest BCUT2D eigenvalue weighted by Crippen LogP contribution is -2.37. The minimum atomic E-state index is 0.135. The summed E-state index contributed by atoms with van der Waals surface area (Å²) in [5.41, 5.74) is 4.19. The molecule has 3 N–H and O–H groups in total. The molecule has 0 aliphatic carbocycles. The fourth-order valence-electron chi connectivity index (χ4n) is 1.68. The highest BCUT2D eigenvalue weighted by Crippen LogP contribution is 2.35. The van der Waals surface area contributed by atoms with Gasteiger partial charge in [0.1, 0.15) is 0 Å². The van der Waals surface area contributed by atoms with Crippen molar-refractivity contribution in [2.24, 2.45) is 11.3 Å². The van der Waals surface area contributed by atoms with Crippen LogP contribution >= 0.6 is 0 Å². The normalized spacial score (nSPS) is 14.2. The van der Waals surface area contributed by atoms with E-state index in [-0.39, 0.29) is 11.5 Å². The second-order valence-electron chi connectivity index (χ2n) is 4.57. The van der Waals surface area contributed by atoms with E-state index in [2.05, 4.69) is 44.4 Å². The highest BCUT2D eigenvalue weighted by molar-refractivity contribution is 5.13. The smallest absolute Gasteiger partial charge is 0.0541 e. The van der Waals surface area contributed by atoms with Gasteiger partial charge in [0, 0.05) is 18.3 Å². The topological polar surface area (TPSA) is 55.9 Å². The summed E-state index contributed by atoms with van der Waals surface area (Å²) in [6, 6.07) is 0.155. The molecule has 1 aromatic rings. The van der Waals surface area contributed by atoms with Crippen molar-refractivity contribution in [1.82, 2.24) is 15.2 Å². The number of hydrogen-bond acceptors (Lipinski definition) is 3. The molecule has 0 aliphatic rings. The second kappa shape index (κ2) is 4.77. The summed E-state index contributed by atoms with van der Waals surface area (Å²) in [5, 5.41) is 4.27. The third-order valence-corrected chi connectivity index (χ3v) is 3.17. The van der Waals surface area contributed by atoms with E-state index in [1.807, 2.05) is 10.9 Å². The summed E-state index contributed by atoms with van der Waals surface area (Å²) >= 11 is 0. The predicted octanol–water partition coefficient (Wildman–Crippen LogP) is 1.84. The molecular weight excluding hydrogens is 188 g/mol. The van der Waals surface area contributed by atoms with Crippen molar-refractivity contribution in [3.05, 3.63) is 18.0 Å². The van der Waals surface area contributed by atoms with Crippen molar-refractivity contribution < 1.29 is 0 Å². The number of aromatic nitrogens is 2. The Morgan fingerprint density at radius 2 is 2.20 bits per heavy atom. The second-order valence-corrected chi connectivity index (χ2v) is 4.57. The Morgan fingerprint density at radius 3 is 2.60 bits per heavy atom. The van der Waals surface area contributed by atoms with Crippen LogP contribution in [0.3, 0.4) is 0 Å². The highest BCUT2D eigenvalue weighted by atomic mass is 15.3. The first-order valence-electron chi connectivity index (χ1n) is 5.53. The molecule has 0 amide bonds. The van der Waals surface area contributed by atoms with Crippen LogP contribution in [-0.2, 0) is 6.54 Å². The molecule has 0 saturated heterocycles. The van der Waals surface area contributed by atoms with Gasteiger partial charge in [-0.3, -0.25) is 16.0 Å². The summed E-state index contributed by atoms with van der Waals surface area (Å²) in [6.07, 6.45) is 5.02. The quantitative estimate of drug-likeness (QED) is 0.576. The van der Waals surface area contributed by atoms with Gasteiger partial charge in [-0.25, -0.2) is 0 Å². The standard InChI is InChI=1S/C11H22N4/c1-5-11(3,4)10(14-12)9-7-13-15(6-2)8-9/h7-8,10,14H,5-6,12H2,1-4H3. The average molecular weight is 210 g/mol. The van der Waals surface area contributed by atoms with Crippen LogP contribution in [0.4, 0.5) is 0 Å². The molecule has 1 atom stereocenters. The Kier molecular flexibility index (Phi) is 3.88. The molecule has 1 aromatic heterocycles. The molecule has 15 heavy (non-hydrogen) atoms. The van der Waals surface area contributed by atoms with Crippen molar-refractivity contribution in [2.45, 2.75) is 46.7 Å². The SMILES string of the molecule is CCn1cc(C(NN)C(C)(C)CC)cn1. The summed E-state index contributed by atoms with van der Waals surface area (Å²) in [6.45, 7) is 9.56. The Balaban J connectivity index is 2.92. The van der Waals surface area contributed by atoms with Gasteiger partial charge in [0.25, 0.3) is 0 Å². The third-order valence-electron chi connectivity index (χ3n) is 3.17. The molecule has 0 fully saturated rings. The highest BCUT2D eigenvalue weighted by Gasteiger charge is 2.29. The molecule has 0 bridgehead atoms. The van der Waals surface area contributed by atoms with E-state index in [1.54, 1.807) is 0 Å². The van der Waals surface area contributed by atoms with Gasteiger partial charge in [-0.15, -0.1) is 0 Å². The minimum Gasteiger partial charge on any atom is -0.273 e. The molecule has 1 rings (SSSR count). The summed E-state index contributed by atoms with van der Waals surface area (Å²) in [4.78, 5) is 0. The molecule has 1 unspecified atom stereocenters. The van der Waals surface area contributed by atoms with Gasteiger partial charge in [0.05, 0.1) is 12.2 Å². The number of aryl methyl sites for hydroxylation is 1. The number of rotatable bonds is 5. The van der Waals surface area contributed by atoms with Crippen LogP contribution in [-0.4, -0.2) is 9.78 Å². The molecule has 0 radical (unpaired) electrons. The maximum Gasteiger partial charge on any atom is 0.0541 e. The van der Waals surface area contributed by atoms with E-state index in [4.69, 9.17) is 5.84 Å². The van der Waals surface area contributed by atoms with Gasteiger partial charge >= 0.3 is 0 Å². The Hall–Kier alpha value is -0.870. The summed E-state index contributed by atoms with van der Waals surface area (Å²) < 4.78 is 1.92. The van der Waals surface area contributed by atoms with Crippen LogP contribution in [0.5, 0.6) is 0 Å². The van der Waals surface area contributed by atoms with Gasteiger partial charge in [0.15, 0.2) is 0 Å². The molecule has 0 spiro atoms. The van der Waals surface area contributed by atoms with E-state index >= 15 is 0 Å². The largest absolute Gasteiger partial charge is 0.273 e. The van der Waals surface area contributed by atoms with Gasteiger partial charge < -0.3 is 0 Å². The molecule has 1 heterocycles. The van der Waals surface area contributed by atoms with Gasteiger partial charge in [0.2, 0.25) is 0 Å². The van der Waals surface area contributed by atoms with E-state index in [9.17, 15) is 0 Å². The van der Waals surface area contributed by atoms with Crippen molar-refractivity contribution in [1.29, 1.82) is 0 Å². The molecule has 86 valence electrons. The Morgan fingerprint density at radius 1 is 1.53 bits per heavy atom. The monoisotopic (exact) mass is 210 g/mol. The Labute approximate surface area is 91.8 Å². The number of nitrogens with zero attached hydrogens (tertiary/aromatic N) is 2. The van der Waals surface area contributed by atoms with Crippen molar-refractivity contribution in [3.8, 4) is 0 Å². The van der Waals surface area contributed by atoms with Crippen molar-refractivity contribution >= 4 is 0 Å². The van der Waals surface area contributed by atoms with E-state index in [0.717, 1.165) is 18.5 Å². The average Bonchev–Trinajstić information content (AvgIpc) is 2.67. The minimum absolute atomic E-state index is 0.135. The summed E-state index contributed by atoms with van der Waals surface area (Å²) in [7, 11) is 0. The lowest BCUT2D eigenvalue weighted by Gasteiger charge is -2.32. The number of nitrogens with two attached hydrogens (primary N) is 1. The zero-order valence-electron chi connectivity index (χ0n) is 10.1. The van der Waals surface area contributed by atoms with Crippen LogP contribution in [0.1, 0.15) is 45.7 Å². The van der Waals surface area contributed by atoms with Crippen molar-refractivity contribution in [3.63, 3.8) is 0 Å². The van der Waals surface area contributed by atoms with Crippen LogP contribution in [0.25, 0.3) is 0 Å². The zero-order valence-corrected chi connectivity index (χ0v) is 10.1. The molecule has 4 nitrogen and oxygen atoms in total. The molecule has 0 aliphatic heterocycles. The maximum atomic E-state index is 5.63. The maximum absolute atomic E-state index is 5.63. The third kappa shape index (κ3) is 2.58. The lowest BCUT2D eigenvalue weighted by atomic mass is 9.79. The first-order valence-corrected chi connectivity index (χ1v) is 5.53. The fraction of sp³-hybridized carbons (Fsp3) is 0.727. The molecule has 0 saturated carbocycles. The number of nitrogens with one attached hydrogen (secondary N) is 1. The predicted molar refractivity (Wildman–Crippen MR) is 62.0 cm³/mol. The zero-order chi connectivity index (χ0) is 11.5. The lowest BCUT2D eigenvalue weighted by molar-refractivity contribution is 0.236. The van der Waals surface area contributed by atoms with Gasteiger partial charge in [-0.2, -0.15) is 5.10 Å². The number of hydrazine groups is 1. The van der Waals surface area contributed by atoms with E-state index < -0.39 is 0 Å². The van der Waals surface area contributed by atoms with Gasteiger partial charge in [-0.1, -0.05) is 20.8 Å². The number of hydrogen-bond donors (Lipinski definition) is 2. The van der Waals surface area contributed by atoms with Crippen LogP contribution in [0, 0.1) is 5.41 Å². The molecular formula is C11H22N4. The van der Waals surface area contributed by atoms with Crippen LogP contribution in [0.15, 0.2) is 12.4 Å². The Bertz CT molecular complexity index is 303.